The molecule has 0 unspecified atom stereocenters. The van der Waals surface area contributed by atoms with E-state index in [1.165, 1.54) is 0 Å². The smallest absolute Gasteiger partial charge is 0.262 e. The molecule has 24 heavy (non-hydrogen) atoms. The summed E-state index contributed by atoms with van der Waals surface area (Å²) in [5, 5.41) is 0.665. The second kappa shape index (κ2) is 7.26. The van der Waals surface area contributed by atoms with Gasteiger partial charge in [-0.3, -0.25) is 4.18 Å². The fourth-order valence-corrected chi connectivity index (χ4v) is 4.59. The lowest BCUT2D eigenvalue weighted by Gasteiger charge is -2.31. The highest BCUT2D eigenvalue weighted by Crippen LogP contribution is 2.37. The van der Waals surface area contributed by atoms with E-state index in [9.17, 15) is 8.42 Å². The maximum Gasteiger partial charge on any atom is 0.297 e. The van der Waals surface area contributed by atoms with Crippen molar-refractivity contribution in [3.05, 3.63) is 64.7 Å². The average Bonchev–Trinajstić information content (AvgIpc) is 2.55. The minimum Gasteiger partial charge on any atom is -0.262 e. The van der Waals surface area contributed by atoms with E-state index >= 15 is 0 Å². The van der Waals surface area contributed by atoms with Gasteiger partial charge in [-0.15, -0.1) is 0 Å². The van der Waals surface area contributed by atoms with Gasteiger partial charge in [-0.1, -0.05) is 54.3 Å². The van der Waals surface area contributed by atoms with Crippen molar-refractivity contribution in [3.8, 4) is 0 Å². The molecule has 2 aromatic rings. The molecule has 0 heterocycles. The lowest BCUT2D eigenvalue weighted by Crippen LogP contribution is -2.28. The molecule has 0 saturated heterocycles. The zero-order chi connectivity index (χ0) is 17.2. The lowest BCUT2D eigenvalue weighted by molar-refractivity contribution is 0.137. The fraction of sp³-hybridized carbons (Fsp3) is 0.368. The van der Waals surface area contributed by atoms with Crippen LogP contribution in [0.3, 0.4) is 0 Å². The van der Waals surface area contributed by atoms with Crippen molar-refractivity contribution >= 4 is 21.7 Å². The summed E-state index contributed by atoms with van der Waals surface area (Å²) >= 11 is 6.10. The topological polar surface area (TPSA) is 43.4 Å². The summed E-state index contributed by atoms with van der Waals surface area (Å²) in [6.45, 7) is 1.92. The zero-order valence-electron chi connectivity index (χ0n) is 13.6. The molecule has 0 amide bonds. The number of benzene rings is 2. The molecule has 3 rings (SSSR count). The molecule has 1 aliphatic carbocycles. The first-order valence-corrected chi connectivity index (χ1v) is 10.00. The molecule has 1 saturated carbocycles. The fourth-order valence-electron chi connectivity index (χ4n) is 3.25. The van der Waals surface area contributed by atoms with Crippen molar-refractivity contribution in [3.63, 3.8) is 0 Å². The van der Waals surface area contributed by atoms with Crippen LogP contribution in [0, 0.1) is 6.92 Å². The standard InChI is InChI=1S/C19H21ClO3S/c1-14-9-11-17(12-10-14)24(21,22)23-19-8-3-2-7-18(19)15-5-4-6-16(20)13-15/h4-6,9-13,18-19H,2-3,7-8H2,1H3/t18-,19+/m1/s1. The minimum absolute atomic E-state index is 0.0534. The molecule has 5 heteroatoms. The van der Waals surface area contributed by atoms with Crippen molar-refractivity contribution < 1.29 is 12.6 Å². The summed E-state index contributed by atoms with van der Waals surface area (Å²) in [4.78, 5) is 0.212. The average molecular weight is 365 g/mol. The van der Waals surface area contributed by atoms with Crippen LogP contribution in [0.4, 0.5) is 0 Å². The van der Waals surface area contributed by atoms with Gasteiger partial charge in [0.1, 0.15) is 0 Å². The normalized spacial score (nSPS) is 21.6. The van der Waals surface area contributed by atoms with Gasteiger partial charge in [-0.05, 0) is 49.6 Å². The summed E-state index contributed by atoms with van der Waals surface area (Å²) in [6, 6.07) is 14.4. The van der Waals surface area contributed by atoms with E-state index in [2.05, 4.69) is 0 Å². The van der Waals surface area contributed by atoms with Crippen LogP contribution in [0.2, 0.25) is 5.02 Å². The van der Waals surface area contributed by atoms with Gasteiger partial charge in [0.25, 0.3) is 10.1 Å². The SMILES string of the molecule is Cc1ccc(S(=O)(=O)O[C@H]2CCCC[C@@H]2c2cccc(Cl)c2)cc1. The van der Waals surface area contributed by atoms with Crippen LogP contribution in [0.25, 0.3) is 0 Å². The molecule has 0 spiro atoms. The maximum atomic E-state index is 12.6. The van der Waals surface area contributed by atoms with Crippen LogP contribution in [-0.2, 0) is 14.3 Å². The highest BCUT2D eigenvalue weighted by Gasteiger charge is 2.32. The Labute approximate surface area is 148 Å². The van der Waals surface area contributed by atoms with E-state index in [1.807, 2.05) is 31.2 Å². The predicted molar refractivity (Wildman–Crippen MR) is 95.9 cm³/mol. The summed E-state index contributed by atoms with van der Waals surface area (Å²) in [6.07, 6.45) is 3.35. The van der Waals surface area contributed by atoms with E-state index in [0.29, 0.717) is 5.02 Å². The molecular weight excluding hydrogens is 344 g/mol. The Bertz CT molecular complexity index is 800. The maximum absolute atomic E-state index is 12.6. The van der Waals surface area contributed by atoms with Gasteiger partial charge in [-0.2, -0.15) is 8.42 Å². The highest BCUT2D eigenvalue weighted by molar-refractivity contribution is 7.86. The lowest BCUT2D eigenvalue weighted by atomic mass is 9.82. The molecule has 2 atom stereocenters. The summed E-state index contributed by atoms with van der Waals surface area (Å²) < 4.78 is 30.9. The number of rotatable bonds is 4. The Kier molecular flexibility index (Phi) is 5.28. The first-order chi connectivity index (χ1) is 11.5. The number of aryl methyl sites for hydroxylation is 1. The first-order valence-electron chi connectivity index (χ1n) is 8.21. The van der Waals surface area contributed by atoms with Crippen molar-refractivity contribution in [2.75, 3.05) is 0 Å². The molecule has 3 nitrogen and oxygen atoms in total. The second-order valence-electron chi connectivity index (χ2n) is 6.35. The van der Waals surface area contributed by atoms with Crippen molar-refractivity contribution in [2.45, 2.75) is 49.5 Å². The van der Waals surface area contributed by atoms with Gasteiger partial charge in [0, 0.05) is 10.9 Å². The van der Waals surface area contributed by atoms with E-state index < -0.39 is 10.1 Å². The third-order valence-electron chi connectivity index (χ3n) is 4.54. The van der Waals surface area contributed by atoms with E-state index in [0.717, 1.165) is 36.8 Å². The Morgan fingerprint density at radius 2 is 1.75 bits per heavy atom. The second-order valence-corrected chi connectivity index (χ2v) is 8.36. The Morgan fingerprint density at radius 1 is 1.04 bits per heavy atom. The van der Waals surface area contributed by atoms with Crippen LogP contribution in [0.5, 0.6) is 0 Å². The van der Waals surface area contributed by atoms with Crippen molar-refractivity contribution in [2.24, 2.45) is 0 Å². The van der Waals surface area contributed by atoms with Crippen LogP contribution in [0.15, 0.2) is 53.4 Å². The van der Waals surface area contributed by atoms with Crippen LogP contribution < -0.4 is 0 Å². The first kappa shape index (κ1) is 17.5. The minimum atomic E-state index is -3.76. The molecule has 128 valence electrons. The number of hydrogen-bond acceptors (Lipinski definition) is 3. The highest BCUT2D eigenvalue weighted by atomic mass is 35.5. The van der Waals surface area contributed by atoms with Gasteiger partial charge in [0.05, 0.1) is 11.0 Å². The Morgan fingerprint density at radius 3 is 2.46 bits per heavy atom. The summed E-state index contributed by atoms with van der Waals surface area (Å²) in [5.74, 6) is 0.0534. The quantitative estimate of drug-likeness (QED) is 0.710. The predicted octanol–water partition coefficient (Wildman–Crippen LogP) is 5.08. The third-order valence-corrected chi connectivity index (χ3v) is 6.12. The van der Waals surface area contributed by atoms with Crippen molar-refractivity contribution in [1.29, 1.82) is 0 Å². The van der Waals surface area contributed by atoms with E-state index in [-0.39, 0.29) is 16.9 Å². The summed E-state index contributed by atoms with van der Waals surface area (Å²) in [5.41, 5.74) is 2.06. The van der Waals surface area contributed by atoms with E-state index in [1.54, 1.807) is 24.3 Å². The molecule has 0 bridgehead atoms. The molecule has 0 N–H and O–H groups in total. The van der Waals surface area contributed by atoms with Crippen LogP contribution >= 0.6 is 11.6 Å². The molecular formula is C19H21ClO3S. The Hall–Kier alpha value is -1.36. The van der Waals surface area contributed by atoms with Gasteiger partial charge >= 0.3 is 0 Å². The largest absolute Gasteiger partial charge is 0.297 e. The molecule has 1 aliphatic rings. The Balaban J connectivity index is 1.84. The monoisotopic (exact) mass is 364 g/mol. The van der Waals surface area contributed by atoms with E-state index in [4.69, 9.17) is 15.8 Å². The number of halogens is 1. The molecule has 1 fully saturated rings. The molecule has 0 aliphatic heterocycles. The van der Waals surface area contributed by atoms with Gasteiger partial charge in [-0.25, -0.2) is 0 Å². The molecule has 2 aromatic carbocycles. The molecule has 0 aromatic heterocycles. The van der Waals surface area contributed by atoms with Gasteiger partial charge in [0.15, 0.2) is 0 Å². The molecule has 0 radical (unpaired) electrons. The number of hydrogen-bond donors (Lipinski definition) is 0. The third kappa shape index (κ3) is 4.00. The van der Waals surface area contributed by atoms with Crippen molar-refractivity contribution in [1.82, 2.24) is 0 Å². The van der Waals surface area contributed by atoms with Gasteiger partial charge < -0.3 is 0 Å². The zero-order valence-corrected chi connectivity index (χ0v) is 15.2. The van der Waals surface area contributed by atoms with Gasteiger partial charge in [0.2, 0.25) is 0 Å². The van der Waals surface area contributed by atoms with Crippen LogP contribution in [0.1, 0.15) is 42.7 Å². The van der Waals surface area contributed by atoms with Crippen LogP contribution in [-0.4, -0.2) is 14.5 Å². The summed E-state index contributed by atoms with van der Waals surface area (Å²) in [7, 11) is -3.76.